The van der Waals surface area contributed by atoms with E-state index in [1.807, 2.05) is 0 Å². The Bertz CT molecular complexity index is 261. The molecule has 0 unspecified atom stereocenters. The van der Waals surface area contributed by atoms with Gasteiger partial charge in [0, 0.05) is 19.8 Å². The Hall–Kier alpha value is -0.900. The Morgan fingerprint density at radius 1 is 1.50 bits per heavy atom. The first-order valence-electron chi connectivity index (χ1n) is 4.95. The van der Waals surface area contributed by atoms with E-state index in [4.69, 9.17) is 9.47 Å². The van der Waals surface area contributed by atoms with Crippen molar-refractivity contribution >= 4 is 11.8 Å². The molecule has 1 heterocycles. The third kappa shape index (κ3) is 1.54. The Morgan fingerprint density at radius 2 is 2.14 bits per heavy atom. The number of ketones is 1. The van der Waals surface area contributed by atoms with E-state index in [0.717, 1.165) is 0 Å². The zero-order chi connectivity index (χ0) is 10.2. The number of carbonyl (C=O) groups is 2. The molecule has 0 aromatic heterocycles. The summed E-state index contributed by atoms with van der Waals surface area (Å²) in [6, 6.07) is 0. The number of hydrogen-bond donors (Lipinski definition) is 0. The fourth-order valence-electron chi connectivity index (χ4n) is 2.15. The molecule has 1 atom stereocenters. The van der Waals surface area contributed by atoms with Crippen LogP contribution in [0.15, 0.2) is 0 Å². The van der Waals surface area contributed by atoms with Gasteiger partial charge in [0.15, 0.2) is 6.10 Å². The monoisotopic (exact) mass is 198 g/mol. The fourth-order valence-corrected chi connectivity index (χ4v) is 2.15. The fraction of sp³-hybridized carbons (Fsp3) is 0.800. The first-order chi connectivity index (χ1) is 6.62. The van der Waals surface area contributed by atoms with Crippen LogP contribution in [-0.2, 0) is 19.1 Å². The Labute approximate surface area is 82.6 Å². The van der Waals surface area contributed by atoms with Crippen molar-refractivity contribution in [2.75, 3.05) is 6.61 Å². The van der Waals surface area contributed by atoms with E-state index in [0.29, 0.717) is 32.3 Å². The molecule has 1 saturated carbocycles. The number of ether oxygens (including phenoxy) is 2. The zero-order valence-corrected chi connectivity index (χ0v) is 8.25. The van der Waals surface area contributed by atoms with Gasteiger partial charge in [-0.15, -0.1) is 0 Å². The summed E-state index contributed by atoms with van der Waals surface area (Å²) in [7, 11) is 0. The van der Waals surface area contributed by atoms with Crippen molar-refractivity contribution in [2.24, 2.45) is 0 Å². The molecule has 1 spiro atoms. The van der Waals surface area contributed by atoms with Crippen LogP contribution >= 0.6 is 0 Å². The van der Waals surface area contributed by atoms with Crippen LogP contribution < -0.4 is 0 Å². The molecule has 0 amide bonds. The van der Waals surface area contributed by atoms with Gasteiger partial charge in [0.25, 0.3) is 0 Å². The molecular weight excluding hydrogens is 184 g/mol. The molecule has 2 aliphatic rings. The van der Waals surface area contributed by atoms with Crippen molar-refractivity contribution in [3.05, 3.63) is 0 Å². The highest BCUT2D eigenvalue weighted by Crippen LogP contribution is 2.41. The molecule has 1 saturated heterocycles. The lowest BCUT2D eigenvalue weighted by molar-refractivity contribution is -0.258. The van der Waals surface area contributed by atoms with Crippen LogP contribution in [0.3, 0.4) is 0 Å². The minimum absolute atomic E-state index is 0.131. The van der Waals surface area contributed by atoms with Crippen molar-refractivity contribution in [1.29, 1.82) is 0 Å². The molecule has 0 radical (unpaired) electrons. The van der Waals surface area contributed by atoms with E-state index >= 15 is 0 Å². The lowest BCUT2D eigenvalue weighted by atomic mass is 9.77. The third-order valence-corrected chi connectivity index (χ3v) is 3.07. The van der Waals surface area contributed by atoms with E-state index in [-0.39, 0.29) is 23.5 Å². The maximum Gasteiger partial charge on any atom is 0.303 e. The van der Waals surface area contributed by atoms with Crippen molar-refractivity contribution in [1.82, 2.24) is 0 Å². The predicted octanol–water partition coefficient (Wildman–Crippen LogP) is 0.830. The maximum atomic E-state index is 11.1. The summed E-state index contributed by atoms with van der Waals surface area (Å²) in [6.07, 6.45) is 2.37. The summed E-state index contributed by atoms with van der Waals surface area (Å²) in [5.41, 5.74) is -0.334. The quantitative estimate of drug-likeness (QED) is 0.585. The molecule has 4 heteroatoms. The molecule has 0 N–H and O–H groups in total. The van der Waals surface area contributed by atoms with E-state index < -0.39 is 0 Å². The van der Waals surface area contributed by atoms with Gasteiger partial charge < -0.3 is 9.47 Å². The first kappa shape index (κ1) is 9.65. The molecule has 0 aromatic rings. The lowest BCUT2D eigenvalue weighted by Crippen LogP contribution is -2.61. The van der Waals surface area contributed by atoms with Crippen LogP contribution in [0.2, 0.25) is 0 Å². The topological polar surface area (TPSA) is 52.6 Å². The van der Waals surface area contributed by atoms with E-state index in [9.17, 15) is 9.59 Å². The molecule has 2 fully saturated rings. The van der Waals surface area contributed by atoms with Gasteiger partial charge in [-0.25, -0.2) is 0 Å². The second kappa shape index (κ2) is 3.35. The van der Waals surface area contributed by atoms with Crippen molar-refractivity contribution in [2.45, 2.75) is 44.3 Å². The van der Waals surface area contributed by atoms with Crippen LogP contribution in [-0.4, -0.2) is 30.1 Å². The zero-order valence-electron chi connectivity index (χ0n) is 8.25. The standard InChI is InChI=1S/C10H14O4/c1-7(11)14-9-6-13-10(9)4-2-8(12)3-5-10/h9H,2-6H2,1H3/t9-/m1/s1. The van der Waals surface area contributed by atoms with Gasteiger partial charge in [0.1, 0.15) is 11.4 Å². The molecule has 14 heavy (non-hydrogen) atoms. The van der Waals surface area contributed by atoms with Gasteiger partial charge in [0.2, 0.25) is 0 Å². The highest BCUT2D eigenvalue weighted by Gasteiger charge is 2.52. The molecule has 4 nitrogen and oxygen atoms in total. The average Bonchev–Trinajstić information content (AvgIpc) is 2.14. The van der Waals surface area contributed by atoms with Gasteiger partial charge in [-0.05, 0) is 12.8 Å². The molecule has 2 rings (SSSR count). The van der Waals surface area contributed by atoms with Crippen molar-refractivity contribution in [3.63, 3.8) is 0 Å². The molecule has 1 aliphatic carbocycles. The summed E-state index contributed by atoms with van der Waals surface area (Å²) in [6.45, 7) is 1.88. The number of Topliss-reactive ketones (excluding diaryl/α,β-unsaturated/α-hetero) is 1. The smallest absolute Gasteiger partial charge is 0.303 e. The minimum atomic E-state index is -0.334. The SMILES string of the molecule is CC(=O)O[C@@H]1COC12CCC(=O)CC2. The molecular formula is C10H14O4. The van der Waals surface area contributed by atoms with Gasteiger partial charge in [-0.2, -0.15) is 0 Å². The first-order valence-corrected chi connectivity index (χ1v) is 4.95. The molecule has 0 bridgehead atoms. The van der Waals surface area contributed by atoms with Crippen LogP contribution in [0.25, 0.3) is 0 Å². The van der Waals surface area contributed by atoms with E-state index in [1.165, 1.54) is 6.92 Å². The number of carbonyl (C=O) groups excluding carboxylic acids is 2. The Balaban J connectivity index is 1.96. The highest BCUT2D eigenvalue weighted by atomic mass is 16.6. The van der Waals surface area contributed by atoms with E-state index in [2.05, 4.69) is 0 Å². The normalized spacial score (nSPS) is 29.8. The molecule has 0 aromatic carbocycles. The second-order valence-corrected chi connectivity index (χ2v) is 4.01. The summed E-state index contributed by atoms with van der Waals surface area (Å²) in [4.78, 5) is 21.8. The van der Waals surface area contributed by atoms with Gasteiger partial charge >= 0.3 is 5.97 Å². The Kier molecular flexibility index (Phi) is 2.31. The third-order valence-electron chi connectivity index (χ3n) is 3.07. The number of esters is 1. The largest absolute Gasteiger partial charge is 0.457 e. The highest BCUT2D eigenvalue weighted by molar-refractivity contribution is 5.79. The Morgan fingerprint density at radius 3 is 2.57 bits per heavy atom. The van der Waals surface area contributed by atoms with Gasteiger partial charge in [-0.3, -0.25) is 9.59 Å². The summed E-state index contributed by atoms with van der Waals surface area (Å²) in [5.74, 6) is 0.0160. The van der Waals surface area contributed by atoms with Crippen LogP contribution in [0, 0.1) is 0 Å². The summed E-state index contributed by atoms with van der Waals surface area (Å²) < 4.78 is 10.6. The summed E-state index contributed by atoms with van der Waals surface area (Å²) in [5, 5.41) is 0. The minimum Gasteiger partial charge on any atom is -0.457 e. The van der Waals surface area contributed by atoms with Crippen LogP contribution in [0.5, 0.6) is 0 Å². The molecule has 1 aliphatic heterocycles. The summed E-state index contributed by atoms with van der Waals surface area (Å²) >= 11 is 0. The predicted molar refractivity (Wildman–Crippen MR) is 47.7 cm³/mol. The van der Waals surface area contributed by atoms with Crippen molar-refractivity contribution in [3.8, 4) is 0 Å². The molecule has 78 valence electrons. The second-order valence-electron chi connectivity index (χ2n) is 4.01. The number of rotatable bonds is 1. The van der Waals surface area contributed by atoms with Crippen molar-refractivity contribution < 1.29 is 19.1 Å². The van der Waals surface area contributed by atoms with Gasteiger partial charge in [0.05, 0.1) is 6.61 Å². The average molecular weight is 198 g/mol. The van der Waals surface area contributed by atoms with E-state index in [1.54, 1.807) is 0 Å². The number of hydrogen-bond acceptors (Lipinski definition) is 4. The van der Waals surface area contributed by atoms with Gasteiger partial charge in [-0.1, -0.05) is 0 Å². The maximum absolute atomic E-state index is 11.1. The lowest BCUT2D eigenvalue weighted by Gasteiger charge is -2.49. The van der Waals surface area contributed by atoms with Crippen LogP contribution in [0.1, 0.15) is 32.6 Å². The van der Waals surface area contributed by atoms with Crippen LogP contribution in [0.4, 0.5) is 0 Å².